The number of halogens is 1. The lowest BCUT2D eigenvalue weighted by molar-refractivity contribution is 0.266. The fourth-order valence-electron chi connectivity index (χ4n) is 2.93. The number of pyridine rings is 1. The molecule has 7 heteroatoms. The zero-order chi connectivity index (χ0) is 20.1. The Bertz CT molecular complexity index is 1030. The third-order valence-corrected chi connectivity index (χ3v) is 4.77. The maximum Gasteiger partial charge on any atom is 0.253 e. The Hall–Kier alpha value is -2.77. The van der Waals surface area contributed by atoms with Crippen LogP contribution in [-0.4, -0.2) is 33.3 Å². The van der Waals surface area contributed by atoms with Gasteiger partial charge in [0.1, 0.15) is 5.82 Å². The van der Waals surface area contributed by atoms with E-state index in [2.05, 4.69) is 10.3 Å². The second-order valence-electron chi connectivity index (χ2n) is 6.65. The number of aromatic nitrogens is 1. The molecule has 0 spiro atoms. The summed E-state index contributed by atoms with van der Waals surface area (Å²) in [6, 6.07) is 13.6. The number of thiocarbonyl (C=S) groups is 1. The Balaban J connectivity index is 1.83. The Labute approximate surface area is 167 Å². The van der Waals surface area contributed by atoms with Crippen LogP contribution in [0, 0.1) is 12.7 Å². The van der Waals surface area contributed by atoms with Gasteiger partial charge in [0.25, 0.3) is 5.56 Å². The summed E-state index contributed by atoms with van der Waals surface area (Å²) in [6.07, 6.45) is 0.510. The molecule has 0 saturated carbocycles. The minimum Gasteiger partial charge on any atom is -0.396 e. The number of nitrogens with zero attached hydrogens (tertiary/aromatic N) is 1. The SMILES string of the molecule is Cc1ccc2cc(CN(CCCO)C(=S)Nc3ccc(F)cc3)c(=O)[nH]c2c1. The van der Waals surface area contributed by atoms with E-state index in [0.717, 1.165) is 16.5 Å². The van der Waals surface area contributed by atoms with Crippen LogP contribution in [0.15, 0.2) is 53.3 Å². The van der Waals surface area contributed by atoms with Crippen molar-refractivity contribution < 1.29 is 9.50 Å². The number of aliphatic hydroxyl groups is 1. The summed E-state index contributed by atoms with van der Waals surface area (Å²) < 4.78 is 13.1. The first-order chi connectivity index (χ1) is 13.5. The van der Waals surface area contributed by atoms with E-state index in [4.69, 9.17) is 12.2 Å². The Morgan fingerprint density at radius 3 is 2.68 bits per heavy atom. The van der Waals surface area contributed by atoms with E-state index >= 15 is 0 Å². The molecule has 0 aliphatic carbocycles. The average Bonchev–Trinajstić information content (AvgIpc) is 2.67. The van der Waals surface area contributed by atoms with Gasteiger partial charge in [0.15, 0.2) is 5.11 Å². The molecular weight excluding hydrogens is 377 g/mol. The molecule has 146 valence electrons. The van der Waals surface area contributed by atoms with E-state index in [-0.39, 0.29) is 18.0 Å². The molecule has 5 nitrogen and oxygen atoms in total. The molecule has 0 unspecified atom stereocenters. The van der Waals surface area contributed by atoms with Gasteiger partial charge in [0, 0.05) is 29.9 Å². The van der Waals surface area contributed by atoms with Crippen molar-refractivity contribution in [2.24, 2.45) is 0 Å². The number of rotatable bonds is 6. The molecule has 0 radical (unpaired) electrons. The van der Waals surface area contributed by atoms with Gasteiger partial charge in [-0.2, -0.15) is 0 Å². The number of aromatic amines is 1. The average molecular weight is 399 g/mol. The van der Waals surface area contributed by atoms with Gasteiger partial charge in [-0.3, -0.25) is 4.79 Å². The van der Waals surface area contributed by atoms with Crippen molar-refractivity contribution in [3.05, 3.63) is 75.8 Å². The first-order valence-electron chi connectivity index (χ1n) is 9.01. The highest BCUT2D eigenvalue weighted by Crippen LogP contribution is 2.15. The molecule has 0 aliphatic heterocycles. The summed E-state index contributed by atoms with van der Waals surface area (Å²) in [5, 5.41) is 13.6. The second kappa shape index (κ2) is 8.95. The van der Waals surface area contributed by atoms with Crippen LogP contribution in [0.2, 0.25) is 0 Å². The van der Waals surface area contributed by atoms with Crippen LogP contribution in [0.3, 0.4) is 0 Å². The number of aliphatic hydroxyl groups excluding tert-OH is 1. The zero-order valence-electron chi connectivity index (χ0n) is 15.5. The minimum absolute atomic E-state index is 0.0169. The van der Waals surface area contributed by atoms with Gasteiger partial charge in [0.2, 0.25) is 0 Å². The van der Waals surface area contributed by atoms with Crippen molar-refractivity contribution in [2.75, 3.05) is 18.5 Å². The number of aryl methyl sites for hydroxylation is 1. The van der Waals surface area contributed by atoms with Crippen LogP contribution >= 0.6 is 12.2 Å². The summed E-state index contributed by atoms with van der Waals surface area (Å²) in [5.74, 6) is -0.327. The molecule has 1 heterocycles. The molecule has 0 aliphatic rings. The first-order valence-corrected chi connectivity index (χ1v) is 9.42. The number of hydrogen-bond acceptors (Lipinski definition) is 3. The predicted octanol–water partition coefficient (Wildman–Crippen LogP) is 3.56. The molecule has 1 aromatic heterocycles. The molecule has 0 bridgehead atoms. The van der Waals surface area contributed by atoms with Crippen LogP contribution in [-0.2, 0) is 6.54 Å². The number of fused-ring (bicyclic) bond motifs is 1. The van der Waals surface area contributed by atoms with E-state index < -0.39 is 0 Å². The van der Waals surface area contributed by atoms with Crippen LogP contribution in [0.5, 0.6) is 0 Å². The lowest BCUT2D eigenvalue weighted by Gasteiger charge is -2.25. The van der Waals surface area contributed by atoms with Gasteiger partial charge in [-0.15, -0.1) is 0 Å². The van der Waals surface area contributed by atoms with Crippen molar-refractivity contribution in [1.29, 1.82) is 0 Å². The summed E-state index contributed by atoms with van der Waals surface area (Å²) in [5.41, 5.74) is 2.94. The third-order valence-electron chi connectivity index (χ3n) is 4.41. The van der Waals surface area contributed by atoms with Crippen LogP contribution in [0.25, 0.3) is 10.9 Å². The molecule has 3 aromatic rings. The number of benzene rings is 2. The van der Waals surface area contributed by atoms with Crippen LogP contribution in [0.1, 0.15) is 17.5 Å². The Kier molecular flexibility index (Phi) is 6.38. The second-order valence-corrected chi connectivity index (χ2v) is 7.04. The summed E-state index contributed by atoms with van der Waals surface area (Å²) in [4.78, 5) is 17.3. The lowest BCUT2D eigenvalue weighted by Crippen LogP contribution is -2.37. The smallest absolute Gasteiger partial charge is 0.253 e. The number of anilines is 1. The Morgan fingerprint density at radius 1 is 1.21 bits per heavy atom. The first kappa shape index (κ1) is 20.0. The summed E-state index contributed by atoms with van der Waals surface area (Å²) >= 11 is 5.49. The monoisotopic (exact) mass is 399 g/mol. The fourth-order valence-corrected chi connectivity index (χ4v) is 3.21. The fraction of sp³-hybridized carbons (Fsp3) is 0.238. The molecule has 28 heavy (non-hydrogen) atoms. The van der Waals surface area contributed by atoms with Gasteiger partial charge in [-0.25, -0.2) is 4.39 Å². The Morgan fingerprint density at radius 2 is 1.96 bits per heavy atom. The van der Waals surface area contributed by atoms with Crippen molar-refractivity contribution >= 4 is 33.9 Å². The van der Waals surface area contributed by atoms with Gasteiger partial charge < -0.3 is 20.3 Å². The largest absolute Gasteiger partial charge is 0.396 e. The van der Waals surface area contributed by atoms with Gasteiger partial charge >= 0.3 is 0 Å². The molecule has 0 amide bonds. The summed E-state index contributed by atoms with van der Waals surface area (Å²) in [7, 11) is 0. The van der Waals surface area contributed by atoms with Crippen molar-refractivity contribution in [3.8, 4) is 0 Å². The molecule has 0 saturated heterocycles. The maximum absolute atomic E-state index is 13.1. The van der Waals surface area contributed by atoms with Gasteiger partial charge in [0.05, 0.1) is 6.54 Å². The van der Waals surface area contributed by atoms with Crippen LogP contribution < -0.4 is 10.9 Å². The maximum atomic E-state index is 13.1. The normalized spacial score (nSPS) is 10.8. The predicted molar refractivity (Wildman–Crippen MR) is 114 cm³/mol. The van der Waals surface area contributed by atoms with E-state index in [0.29, 0.717) is 35.9 Å². The quantitative estimate of drug-likeness (QED) is 0.553. The molecule has 0 fully saturated rings. The molecular formula is C21H22FN3O2S. The summed E-state index contributed by atoms with van der Waals surface area (Å²) in [6.45, 7) is 2.77. The molecule has 3 rings (SSSR count). The van der Waals surface area contributed by atoms with Gasteiger partial charge in [-0.1, -0.05) is 12.1 Å². The number of hydrogen-bond donors (Lipinski definition) is 3. The zero-order valence-corrected chi connectivity index (χ0v) is 16.4. The topological polar surface area (TPSA) is 68.4 Å². The third kappa shape index (κ3) is 4.94. The van der Waals surface area contributed by atoms with E-state index in [9.17, 15) is 14.3 Å². The highest BCUT2D eigenvalue weighted by molar-refractivity contribution is 7.80. The highest BCUT2D eigenvalue weighted by Gasteiger charge is 2.13. The lowest BCUT2D eigenvalue weighted by atomic mass is 10.1. The molecule has 0 atom stereocenters. The molecule has 2 aromatic carbocycles. The van der Waals surface area contributed by atoms with E-state index in [1.807, 2.05) is 36.1 Å². The number of H-pyrrole nitrogens is 1. The van der Waals surface area contributed by atoms with Crippen molar-refractivity contribution in [3.63, 3.8) is 0 Å². The van der Waals surface area contributed by atoms with E-state index in [1.54, 1.807) is 12.1 Å². The van der Waals surface area contributed by atoms with Crippen molar-refractivity contribution in [2.45, 2.75) is 19.9 Å². The van der Waals surface area contributed by atoms with Crippen LogP contribution in [0.4, 0.5) is 10.1 Å². The molecule has 3 N–H and O–H groups in total. The van der Waals surface area contributed by atoms with Gasteiger partial charge in [-0.05, 0) is 72.9 Å². The minimum atomic E-state index is -0.327. The van der Waals surface area contributed by atoms with E-state index in [1.165, 1.54) is 12.1 Å². The highest BCUT2D eigenvalue weighted by atomic mass is 32.1. The van der Waals surface area contributed by atoms with Crippen molar-refractivity contribution in [1.82, 2.24) is 9.88 Å². The standard InChI is InChI=1S/C21H22FN3O2S/c1-14-3-4-15-12-16(20(27)24-19(15)11-14)13-25(9-2-10-26)21(28)23-18-7-5-17(22)6-8-18/h3-8,11-12,26H,2,9-10,13H2,1H3,(H,23,28)(H,24,27). The number of nitrogens with one attached hydrogen (secondary N) is 2.